The second kappa shape index (κ2) is 10.1. The van der Waals surface area contributed by atoms with E-state index in [2.05, 4.69) is 5.32 Å². The zero-order valence-electron chi connectivity index (χ0n) is 16.5. The van der Waals surface area contributed by atoms with Gasteiger partial charge < -0.3 is 25.0 Å². The molecule has 164 valence electrons. The van der Waals surface area contributed by atoms with Crippen LogP contribution in [0, 0.1) is 22.7 Å². The highest BCUT2D eigenvalue weighted by atomic mass is 19.4. The van der Waals surface area contributed by atoms with Gasteiger partial charge in [0.2, 0.25) is 0 Å². The number of nitrogens with one attached hydrogen (secondary N) is 1. The Morgan fingerprint density at radius 3 is 2.39 bits per heavy atom. The maximum Gasteiger partial charge on any atom is 0.416 e. The Morgan fingerprint density at radius 2 is 1.81 bits per heavy atom. The number of methoxy groups -OCH3 is 1. The van der Waals surface area contributed by atoms with Gasteiger partial charge in [-0.3, -0.25) is 0 Å². The van der Waals surface area contributed by atoms with Crippen molar-refractivity contribution in [2.24, 2.45) is 0 Å². The summed E-state index contributed by atoms with van der Waals surface area (Å²) in [6.07, 6.45) is -4.94. The average molecular weight is 435 g/mol. The van der Waals surface area contributed by atoms with Crippen LogP contribution >= 0.6 is 0 Å². The minimum atomic E-state index is -4.37. The van der Waals surface area contributed by atoms with Crippen molar-refractivity contribution >= 4 is 0 Å². The van der Waals surface area contributed by atoms with E-state index < -0.39 is 23.4 Å². The molecule has 31 heavy (non-hydrogen) atoms. The Bertz CT molecular complexity index is 985. The Balaban J connectivity index is 0.000000245. The summed E-state index contributed by atoms with van der Waals surface area (Å²) in [6, 6.07) is 12.7. The molecule has 0 bridgehead atoms. The highest BCUT2D eigenvalue weighted by Crippen LogP contribution is 2.31. The van der Waals surface area contributed by atoms with Crippen LogP contribution in [0.5, 0.6) is 11.5 Å². The van der Waals surface area contributed by atoms with Gasteiger partial charge in [0, 0.05) is 19.2 Å². The van der Waals surface area contributed by atoms with Gasteiger partial charge in [0.05, 0.1) is 42.5 Å². The van der Waals surface area contributed by atoms with Crippen molar-refractivity contribution in [3.63, 3.8) is 0 Å². The lowest BCUT2D eigenvalue weighted by atomic mass is 10.0. The lowest BCUT2D eigenvalue weighted by Gasteiger charge is -2.27. The van der Waals surface area contributed by atoms with Crippen LogP contribution in [0.15, 0.2) is 42.5 Å². The number of halogens is 3. The molecule has 0 unspecified atom stereocenters. The fourth-order valence-electron chi connectivity index (χ4n) is 2.79. The van der Waals surface area contributed by atoms with Crippen molar-refractivity contribution in [1.29, 1.82) is 10.5 Å². The molecular formula is C21H20F3N3O4. The lowest BCUT2D eigenvalue weighted by molar-refractivity contribution is -0.137. The van der Waals surface area contributed by atoms with E-state index in [1.54, 1.807) is 24.3 Å². The largest absolute Gasteiger partial charge is 0.493 e. The maximum absolute atomic E-state index is 12.0. The standard InChI is InChI=1S/C13H16N2O4.C8H4F3N/c1-18-11-4-9(5-14)2-3-10(11)19-12-6-15-7-13(12,17)8-16;9-8(10,11)7-3-1-2-6(4-7)5-12/h2-4,12,15-17H,6-8H2,1H3;1-4H/t12-,13+;/m0./s1. The molecule has 0 spiro atoms. The Morgan fingerprint density at radius 1 is 1.13 bits per heavy atom. The van der Waals surface area contributed by atoms with E-state index in [1.165, 1.54) is 19.2 Å². The van der Waals surface area contributed by atoms with Crippen LogP contribution in [-0.2, 0) is 6.18 Å². The van der Waals surface area contributed by atoms with Crippen molar-refractivity contribution in [1.82, 2.24) is 5.32 Å². The lowest BCUT2D eigenvalue weighted by Crippen LogP contribution is -2.48. The molecule has 1 fully saturated rings. The quantitative estimate of drug-likeness (QED) is 0.674. The van der Waals surface area contributed by atoms with Crippen molar-refractivity contribution in [2.75, 3.05) is 26.8 Å². The zero-order chi connectivity index (χ0) is 23.1. The number of β-amino-alcohol motifs (C(OH)–C–C–N with tert-alkyl or cyclic N) is 1. The van der Waals surface area contributed by atoms with Crippen molar-refractivity contribution in [3.05, 3.63) is 59.2 Å². The monoisotopic (exact) mass is 435 g/mol. The van der Waals surface area contributed by atoms with Crippen molar-refractivity contribution in [2.45, 2.75) is 17.9 Å². The second-order valence-corrected chi connectivity index (χ2v) is 6.67. The number of ether oxygens (including phenoxy) is 2. The first-order valence-electron chi connectivity index (χ1n) is 9.03. The third-order valence-corrected chi connectivity index (χ3v) is 4.51. The van der Waals surface area contributed by atoms with Crippen LogP contribution in [0.1, 0.15) is 16.7 Å². The number of alkyl halides is 3. The molecular weight excluding hydrogens is 415 g/mol. The predicted octanol–water partition coefficient (Wildman–Crippen LogP) is 2.22. The fraction of sp³-hybridized carbons (Fsp3) is 0.333. The Hall–Kier alpha value is -3.31. The van der Waals surface area contributed by atoms with E-state index >= 15 is 0 Å². The van der Waals surface area contributed by atoms with Gasteiger partial charge in [-0.15, -0.1) is 0 Å². The third kappa shape index (κ3) is 6.09. The second-order valence-electron chi connectivity index (χ2n) is 6.67. The highest BCUT2D eigenvalue weighted by Gasteiger charge is 2.43. The molecule has 0 aliphatic carbocycles. The summed E-state index contributed by atoms with van der Waals surface area (Å²) in [5.74, 6) is 0.855. The van der Waals surface area contributed by atoms with E-state index in [4.69, 9.17) is 20.0 Å². The van der Waals surface area contributed by atoms with Crippen LogP contribution in [0.3, 0.4) is 0 Å². The first kappa shape index (κ1) is 24.0. The minimum Gasteiger partial charge on any atom is -0.493 e. The van der Waals surface area contributed by atoms with Gasteiger partial charge >= 0.3 is 6.18 Å². The molecule has 1 aliphatic rings. The maximum atomic E-state index is 12.0. The van der Waals surface area contributed by atoms with E-state index in [0.29, 0.717) is 23.6 Å². The smallest absolute Gasteiger partial charge is 0.416 e. The number of nitriles is 2. The molecule has 2 aromatic rings. The first-order valence-corrected chi connectivity index (χ1v) is 9.03. The number of aliphatic hydroxyl groups excluding tert-OH is 1. The molecule has 2 aromatic carbocycles. The SMILES string of the molecule is COc1cc(C#N)ccc1O[C@H]1CNC[C@@]1(O)CO.N#Cc1cccc(C(F)(F)F)c1. The summed E-state index contributed by atoms with van der Waals surface area (Å²) >= 11 is 0. The summed E-state index contributed by atoms with van der Waals surface area (Å²) in [7, 11) is 1.48. The number of nitrogens with zero attached hydrogens (tertiary/aromatic N) is 2. The summed E-state index contributed by atoms with van der Waals surface area (Å²) in [6.45, 7) is 0.316. The van der Waals surface area contributed by atoms with Gasteiger partial charge in [0.1, 0.15) is 11.7 Å². The molecule has 2 atom stereocenters. The average Bonchev–Trinajstić information content (AvgIpc) is 3.14. The molecule has 7 nitrogen and oxygen atoms in total. The van der Waals surface area contributed by atoms with E-state index in [0.717, 1.165) is 12.1 Å². The summed E-state index contributed by atoms with van der Waals surface area (Å²) in [4.78, 5) is 0. The zero-order valence-corrected chi connectivity index (χ0v) is 16.5. The molecule has 3 N–H and O–H groups in total. The number of hydrogen-bond donors (Lipinski definition) is 3. The van der Waals surface area contributed by atoms with Crippen LogP contribution in [0.25, 0.3) is 0 Å². The van der Waals surface area contributed by atoms with Crippen molar-refractivity contribution < 1.29 is 32.9 Å². The molecule has 1 aliphatic heterocycles. The van der Waals surface area contributed by atoms with Gasteiger partial charge in [-0.1, -0.05) is 6.07 Å². The molecule has 3 rings (SSSR count). The van der Waals surface area contributed by atoms with E-state index in [-0.39, 0.29) is 18.7 Å². The number of benzene rings is 2. The first-order chi connectivity index (χ1) is 14.7. The molecule has 10 heteroatoms. The predicted molar refractivity (Wildman–Crippen MR) is 103 cm³/mol. The molecule has 0 aromatic heterocycles. The van der Waals surface area contributed by atoms with Crippen LogP contribution in [0.4, 0.5) is 13.2 Å². The van der Waals surface area contributed by atoms with Crippen molar-refractivity contribution in [3.8, 4) is 23.6 Å². The van der Waals surface area contributed by atoms with Crippen LogP contribution in [-0.4, -0.2) is 48.7 Å². The minimum absolute atomic E-state index is 0.0184. The van der Waals surface area contributed by atoms with Gasteiger partial charge in [0.25, 0.3) is 0 Å². The van der Waals surface area contributed by atoms with E-state index in [9.17, 15) is 23.4 Å². The summed E-state index contributed by atoms with van der Waals surface area (Å²) in [5.41, 5.74) is -1.61. The van der Waals surface area contributed by atoms with Crippen LogP contribution < -0.4 is 14.8 Å². The molecule has 1 heterocycles. The van der Waals surface area contributed by atoms with Gasteiger partial charge in [-0.2, -0.15) is 23.7 Å². The Labute approximate surface area is 176 Å². The van der Waals surface area contributed by atoms with Gasteiger partial charge in [-0.25, -0.2) is 0 Å². The fourth-order valence-corrected chi connectivity index (χ4v) is 2.79. The molecule has 0 saturated carbocycles. The molecule has 0 radical (unpaired) electrons. The number of rotatable bonds is 4. The molecule has 1 saturated heterocycles. The number of aliphatic hydroxyl groups is 2. The van der Waals surface area contributed by atoms with Crippen LogP contribution in [0.2, 0.25) is 0 Å². The topological polar surface area (TPSA) is 119 Å². The number of hydrogen-bond acceptors (Lipinski definition) is 7. The summed E-state index contributed by atoms with van der Waals surface area (Å²) < 4.78 is 46.8. The Kier molecular flexibility index (Phi) is 7.83. The van der Waals surface area contributed by atoms with Gasteiger partial charge in [0.15, 0.2) is 11.5 Å². The van der Waals surface area contributed by atoms with E-state index in [1.807, 2.05) is 6.07 Å². The molecule has 0 amide bonds. The summed E-state index contributed by atoms with van der Waals surface area (Å²) in [5, 5.41) is 39.5. The normalized spacial score (nSPS) is 20.1. The van der Waals surface area contributed by atoms with Gasteiger partial charge in [-0.05, 0) is 30.3 Å². The highest BCUT2D eigenvalue weighted by molar-refractivity contribution is 5.47. The third-order valence-electron chi connectivity index (χ3n) is 4.51.